The molecule has 1 aromatic heterocycles. The number of nitrogens with two attached hydrogens (primary N) is 1. The van der Waals surface area contributed by atoms with E-state index in [-0.39, 0.29) is 0 Å². The molecule has 0 unspecified atom stereocenters. The average Bonchev–Trinajstić information content (AvgIpc) is 2.71. The lowest BCUT2D eigenvalue weighted by molar-refractivity contribution is 0.761. The van der Waals surface area contributed by atoms with E-state index in [4.69, 9.17) is 5.73 Å². The third-order valence-electron chi connectivity index (χ3n) is 2.62. The quantitative estimate of drug-likeness (QED) is 0.847. The normalized spacial score (nSPS) is 10.7. The van der Waals surface area contributed by atoms with Crippen molar-refractivity contribution in [2.24, 2.45) is 5.73 Å². The highest BCUT2D eigenvalue weighted by atomic mass is 15.4. The highest BCUT2D eigenvalue weighted by Gasteiger charge is 2.10. The molecule has 0 amide bonds. The van der Waals surface area contributed by atoms with Gasteiger partial charge in [0.2, 0.25) is 0 Å². The molecule has 84 valence electrons. The summed E-state index contributed by atoms with van der Waals surface area (Å²) >= 11 is 0. The van der Waals surface area contributed by atoms with Gasteiger partial charge in [-0.25, -0.2) is 4.68 Å². The van der Waals surface area contributed by atoms with Crippen molar-refractivity contribution < 1.29 is 0 Å². The van der Waals surface area contributed by atoms with Crippen molar-refractivity contribution in [1.29, 1.82) is 0 Å². The van der Waals surface area contributed by atoms with Crippen LogP contribution >= 0.6 is 0 Å². The van der Waals surface area contributed by atoms with Crippen LogP contribution in [0, 0.1) is 6.92 Å². The van der Waals surface area contributed by atoms with Crippen molar-refractivity contribution in [1.82, 2.24) is 15.0 Å². The van der Waals surface area contributed by atoms with Crippen LogP contribution in [0.5, 0.6) is 0 Å². The van der Waals surface area contributed by atoms with Crippen molar-refractivity contribution in [3.8, 4) is 5.69 Å². The Labute approximate surface area is 95.1 Å². The lowest BCUT2D eigenvalue weighted by Crippen LogP contribution is -2.08. The molecule has 4 nitrogen and oxygen atoms in total. The van der Waals surface area contributed by atoms with E-state index in [0.717, 1.165) is 23.5 Å². The summed E-state index contributed by atoms with van der Waals surface area (Å²) in [6.07, 6.45) is 0.859. The van der Waals surface area contributed by atoms with Crippen LogP contribution < -0.4 is 5.73 Å². The van der Waals surface area contributed by atoms with E-state index >= 15 is 0 Å². The van der Waals surface area contributed by atoms with Crippen molar-refractivity contribution in [2.45, 2.75) is 26.8 Å². The zero-order valence-electron chi connectivity index (χ0n) is 9.64. The molecule has 0 spiro atoms. The van der Waals surface area contributed by atoms with Gasteiger partial charge in [-0.2, -0.15) is 0 Å². The van der Waals surface area contributed by atoms with Crippen LogP contribution in [-0.4, -0.2) is 15.0 Å². The van der Waals surface area contributed by atoms with E-state index in [9.17, 15) is 0 Å². The van der Waals surface area contributed by atoms with Crippen molar-refractivity contribution in [3.05, 3.63) is 41.2 Å². The lowest BCUT2D eigenvalue weighted by atomic mass is 10.2. The van der Waals surface area contributed by atoms with Gasteiger partial charge in [-0.1, -0.05) is 24.3 Å². The fourth-order valence-electron chi connectivity index (χ4n) is 1.78. The Morgan fingerprint density at radius 3 is 2.81 bits per heavy atom. The molecule has 0 aliphatic rings. The minimum atomic E-state index is 0.462. The first-order chi connectivity index (χ1) is 7.76. The van der Waals surface area contributed by atoms with Gasteiger partial charge in [-0.05, 0) is 31.0 Å². The summed E-state index contributed by atoms with van der Waals surface area (Å²) in [5.41, 5.74) is 9.94. The Bertz CT molecular complexity index is 488. The fraction of sp³-hybridized carbons (Fsp3) is 0.333. The van der Waals surface area contributed by atoms with Crippen LogP contribution in [0.15, 0.2) is 24.3 Å². The third-order valence-corrected chi connectivity index (χ3v) is 2.62. The van der Waals surface area contributed by atoms with Crippen molar-refractivity contribution >= 4 is 0 Å². The molecule has 1 aromatic carbocycles. The SMILES string of the molecule is CCc1nnn(-c2cccc(C)c2)c1CN. The molecule has 2 N–H and O–H groups in total. The van der Waals surface area contributed by atoms with E-state index < -0.39 is 0 Å². The number of rotatable bonds is 3. The van der Waals surface area contributed by atoms with Gasteiger partial charge in [0.1, 0.15) is 0 Å². The Kier molecular flexibility index (Phi) is 3.01. The molecule has 1 heterocycles. The van der Waals surface area contributed by atoms with Gasteiger partial charge in [0, 0.05) is 6.54 Å². The Balaban J connectivity index is 2.51. The number of hydrogen-bond donors (Lipinski definition) is 1. The van der Waals surface area contributed by atoms with E-state index in [1.54, 1.807) is 0 Å². The first-order valence-corrected chi connectivity index (χ1v) is 5.46. The van der Waals surface area contributed by atoms with Crippen molar-refractivity contribution in [2.75, 3.05) is 0 Å². The molecule has 0 radical (unpaired) electrons. The number of hydrogen-bond acceptors (Lipinski definition) is 3. The van der Waals surface area contributed by atoms with E-state index in [1.165, 1.54) is 5.56 Å². The lowest BCUT2D eigenvalue weighted by Gasteiger charge is -2.06. The summed E-state index contributed by atoms with van der Waals surface area (Å²) in [4.78, 5) is 0. The van der Waals surface area contributed by atoms with Crippen LogP contribution in [0.3, 0.4) is 0 Å². The molecule has 0 saturated heterocycles. The standard InChI is InChI=1S/C12H16N4/c1-3-11-12(8-13)16(15-14-11)10-6-4-5-9(2)7-10/h4-7H,3,8,13H2,1-2H3. The van der Waals surface area contributed by atoms with Crippen LogP contribution in [0.1, 0.15) is 23.9 Å². The molecule has 0 bridgehead atoms. The Hall–Kier alpha value is -1.68. The Morgan fingerprint density at radius 2 is 2.19 bits per heavy atom. The predicted octanol–water partition coefficient (Wildman–Crippen LogP) is 1.60. The molecule has 0 atom stereocenters. The number of benzene rings is 1. The zero-order chi connectivity index (χ0) is 11.5. The molecule has 0 aliphatic carbocycles. The summed E-state index contributed by atoms with van der Waals surface area (Å²) in [5, 5.41) is 8.30. The van der Waals surface area contributed by atoms with Gasteiger partial charge >= 0.3 is 0 Å². The second kappa shape index (κ2) is 4.45. The highest BCUT2D eigenvalue weighted by Crippen LogP contribution is 2.14. The van der Waals surface area contributed by atoms with Gasteiger partial charge in [0.05, 0.1) is 17.1 Å². The second-order valence-corrected chi connectivity index (χ2v) is 3.79. The summed E-state index contributed by atoms with van der Waals surface area (Å²) < 4.78 is 1.83. The largest absolute Gasteiger partial charge is 0.325 e. The maximum Gasteiger partial charge on any atom is 0.0874 e. The highest BCUT2D eigenvalue weighted by molar-refractivity contribution is 5.36. The van der Waals surface area contributed by atoms with Gasteiger partial charge in [0.25, 0.3) is 0 Å². The maximum absolute atomic E-state index is 5.75. The molecule has 16 heavy (non-hydrogen) atoms. The van der Waals surface area contributed by atoms with Gasteiger partial charge < -0.3 is 5.73 Å². The first-order valence-electron chi connectivity index (χ1n) is 5.46. The summed E-state index contributed by atoms with van der Waals surface area (Å²) in [5.74, 6) is 0. The number of aryl methyl sites for hydroxylation is 2. The molecule has 2 aromatic rings. The second-order valence-electron chi connectivity index (χ2n) is 3.79. The molecular weight excluding hydrogens is 200 g/mol. The molecule has 0 aliphatic heterocycles. The molecule has 4 heteroatoms. The smallest absolute Gasteiger partial charge is 0.0874 e. The summed E-state index contributed by atoms with van der Waals surface area (Å²) in [6.45, 7) is 4.58. The molecule has 2 rings (SSSR count). The third kappa shape index (κ3) is 1.84. The Morgan fingerprint density at radius 1 is 1.38 bits per heavy atom. The van der Waals surface area contributed by atoms with E-state index in [2.05, 4.69) is 36.3 Å². The maximum atomic E-state index is 5.75. The number of aromatic nitrogens is 3. The number of nitrogens with zero attached hydrogens (tertiary/aromatic N) is 3. The fourth-order valence-corrected chi connectivity index (χ4v) is 1.78. The topological polar surface area (TPSA) is 56.7 Å². The van der Waals surface area contributed by atoms with Crippen molar-refractivity contribution in [3.63, 3.8) is 0 Å². The minimum Gasteiger partial charge on any atom is -0.325 e. The van der Waals surface area contributed by atoms with Gasteiger partial charge in [0.15, 0.2) is 0 Å². The average molecular weight is 216 g/mol. The predicted molar refractivity (Wildman–Crippen MR) is 63.4 cm³/mol. The zero-order valence-corrected chi connectivity index (χ0v) is 9.64. The van der Waals surface area contributed by atoms with Crippen LogP contribution in [-0.2, 0) is 13.0 Å². The van der Waals surface area contributed by atoms with E-state index in [1.807, 2.05) is 16.8 Å². The first kappa shape index (κ1) is 10.8. The van der Waals surface area contributed by atoms with Crippen LogP contribution in [0.4, 0.5) is 0 Å². The molecule has 0 fully saturated rings. The molecular formula is C12H16N4. The van der Waals surface area contributed by atoms with Gasteiger partial charge in [-0.15, -0.1) is 5.10 Å². The summed E-state index contributed by atoms with van der Waals surface area (Å²) in [6, 6.07) is 8.16. The van der Waals surface area contributed by atoms with Crippen LogP contribution in [0.25, 0.3) is 5.69 Å². The minimum absolute atomic E-state index is 0.462. The summed E-state index contributed by atoms with van der Waals surface area (Å²) in [7, 11) is 0. The monoisotopic (exact) mass is 216 g/mol. The van der Waals surface area contributed by atoms with E-state index in [0.29, 0.717) is 6.54 Å². The van der Waals surface area contributed by atoms with Gasteiger partial charge in [-0.3, -0.25) is 0 Å². The van der Waals surface area contributed by atoms with Crippen LogP contribution in [0.2, 0.25) is 0 Å². The molecule has 0 saturated carbocycles.